The van der Waals surface area contributed by atoms with E-state index in [-0.39, 0.29) is 11.4 Å². The highest BCUT2D eigenvalue weighted by Gasteiger charge is 2.31. The average molecular weight is 180 g/mol. The van der Waals surface area contributed by atoms with Gasteiger partial charge in [-0.25, -0.2) is 4.79 Å². The minimum absolute atomic E-state index is 0.0384. The second-order valence-electron chi connectivity index (χ2n) is 4.20. The molecule has 0 atom stereocenters. The predicted octanol–water partition coefficient (Wildman–Crippen LogP) is 1.06. The van der Waals surface area contributed by atoms with E-state index in [1.165, 1.54) is 0 Å². The van der Waals surface area contributed by atoms with Gasteiger partial charge in [0.15, 0.2) is 0 Å². The fourth-order valence-corrected chi connectivity index (χ4v) is 1.52. The fourth-order valence-electron chi connectivity index (χ4n) is 1.52. The van der Waals surface area contributed by atoms with Gasteiger partial charge >= 0.3 is 6.03 Å². The van der Waals surface area contributed by atoms with Crippen molar-refractivity contribution in [2.45, 2.75) is 20.3 Å². The van der Waals surface area contributed by atoms with Crippen molar-refractivity contribution in [3.63, 3.8) is 0 Å². The number of carbonyl (C=O) groups is 1. The molecule has 13 heavy (non-hydrogen) atoms. The van der Waals surface area contributed by atoms with E-state index >= 15 is 0 Å². The summed E-state index contributed by atoms with van der Waals surface area (Å²) >= 11 is 0. The van der Waals surface area contributed by atoms with Crippen LogP contribution in [0.4, 0.5) is 4.79 Å². The largest absolute Gasteiger partial charge is 0.327 e. The van der Waals surface area contributed by atoms with Crippen LogP contribution in [0.1, 0.15) is 20.3 Å². The van der Waals surface area contributed by atoms with Crippen LogP contribution in [-0.2, 0) is 0 Å². The minimum atomic E-state index is -0.0384. The molecule has 72 valence electrons. The van der Waals surface area contributed by atoms with Crippen LogP contribution in [0.25, 0.3) is 0 Å². The molecule has 1 aliphatic heterocycles. The number of rotatable bonds is 1. The number of terminal acetylenes is 1. The number of hydrogen-bond donors (Lipinski definition) is 1. The molecule has 0 bridgehead atoms. The van der Waals surface area contributed by atoms with Crippen LogP contribution in [-0.4, -0.2) is 30.6 Å². The summed E-state index contributed by atoms with van der Waals surface area (Å²) in [5.41, 5.74) is 0.257. The summed E-state index contributed by atoms with van der Waals surface area (Å²) < 4.78 is 0. The summed E-state index contributed by atoms with van der Waals surface area (Å²) in [6.07, 6.45) is 6.11. The van der Waals surface area contributed by atoms with E-state index in [4.69, 9.17) is 6.42 Å². The van der Waals surface area contributed by atoms with Gasteiger partial charge in [-0.2, -0.15) is 0 Å². The molecule has 0 saturated carbocycles. The van der Waals surface area contributed by atoms with E-state index in [1.54, 1.807) is 0 Å². The molecular formula is C10H16N2O. The zero-order chi connectivity index (χ0) is 9.90. The lowest BCUT2D eigenvalue weighted by Gasteiger charge is -2.19. The number of amides is 2. The zero-order valence-corrected chi connectivity index (χ0v) is 8.26. The van der Waals surface area contributed by atoms with Gasteiger partial charge in [0, 0.05) is 13.1 Å². The standard InChI is InChI=1S/C10H16N2O/c1-4-6-11-9(13)12-7-5-10(2,3)8-12/h1H,5-8H2,2-3H3,(H,11,13). The second kappa shape index (κ2) is 3.69. The highest BCUT2D eigenvalue weighted by molar-refractivity contribution is 5.74. The molecule has 1 fully saturated rings. The zero-order valence-electron chi connectivity index (χ0n) is 8.26. The summed E-state index contributed by atoms with van der Waals surface area (Å²) in [4.78, 5) is 13.2. The Morgan fingerprint density at radius 2 is 2.38 bits per heavy atom. The normalized spacial score (nSPS) is 19.6. The molecule has 1 heterocycles. The molecule has 1 saturated heterocycles. The molecule has 2 amide bonds. The van der Waals surface area contributed by atoms with Gasteiger partial charge in [-0.05, 0) is 11.8 Å². The third-order valence-electron chi connectivity index (χ3n) is 2.31. The van der Waals surface area contributed by atoms with E-state index in [1.807, 2.05) is 4.90 Å². The molecule has 3 heteroatoms. The molecule has 0 aromatic rings. The van der Waals surface area contributed by atoms with Crippen molar-refractivity contribution < 1.29 is 4.79 Å². The van der Waals surface area contributed by atoms with Crippen LogP contribution in [0.15, 0.2) is 0 Å². The van der Waals surface area contributed by atoms with Crippen LogP contribution < -0.4 is 5.32 Å². The van der Waals surface area contributed by atoms with E-state index in [0.717, 1.165) is 19.5 Å². The number of nitrogens with one attached hydrogen (secondary N) is 1. The van der Waals surface area contributed by atoms with Gasteiger partial charge in [0.1, 0.15) is 0 Å². The van der Waals surface area contributed by atoms with Crippen LogP contribution in [0.2, 0.25) is 0 Å². The molecule has 3 nitrogen and oxygen atoms in total. The van der Waals surface area contributed by atoms with Crippen molar-refractivity contribution in [3.05, 3.63) is 0 Å². The van der Waals surface area contributed by atoms with Gasteiger partial charge in [-0.1, -0.05) is 19.8 Å². The Labute approximate surface area is 79.5 Å². The maximum absolute atomic E-state index is 11.4. The van der Waals surface area contributed by atoms with Gasteiger partial charge in [0.05, 0.1) is 6.54 Å². The minimum Gasteiger partial charge on any atom is -0.327 e. The maximum atomic E-state index is 11.4. The predicted molar refractivity (Wildman–Crippen MR) is 52.2 cm³/mol. The Morgan fingerprint density at radius 3 is 2.85 bits per heavy atom. The molecule has 1 N–H and O–H groups in total. The van der Waals surface area contributed by atoms with Gasteiger partial charge in [-0.3, -0.25) is 0 Å². The van der Waals surface area contributed by atoms with E-state index in [0.29, 0.717) is 6.54 Å². The molecule has 0 unspecified atom stereocenters. The summed E-state index contributed by atoms with van der Waals surface area (Å²) in [7, 11) is 0. The Bertz CT molecular complexity index is 240. The van der Waals surface area contributed by atoms with Crippen molar-refractivity contribution in [1.29, 1.82) is 0 Å². The molecule has 0 spiro atoms. The summed E-state index contributed by atoms with van der Waals surface area (Å²) in [6, 6.07) is -0.0384. The Kier molecular flexibility index (Phi) is 2.82. The SMILES string of the molecule is C#CCNC(=O)N1CCC(C)(C)C1. The average Bonchev–Trinajstić information content (AvgIpc) is 2.42. The molecule has 0 aliphatic carbocycles. The molecule has 0 radical (unpaired) electrons. The lowest BCUT2D eigenvalue weighted by Crippen LogP contribution is -2.39. The van der Waals surface area contributed by atoms with Crippen molar-refractivity contribution in [2.24, 2.45) is 5.41 Å². The molecular weight excluding hydrogens is 164 g/mol. The Hall–Kier alpha value is -1.17. The quantitative estimate of drug-likeness (QED) is 0.601. The monoisotopic (exact) mass is 180 g/mol. The first kappa shape index (κ1) is 9.91. The van der Waals surface area contributed by atoms with E-state index in [2.05, 4.69) is 25.1 Å². The van der Waals surface area contributed by atoms with Crippen LogP contribution >= 0.6 is 0 Å². The summed E-state index contributed by atoms with van der Waals surface area (Å²) in [5.74, 6) is 2.38. The fraction of sp³-hybridized carbons (Fsp3) is 0.700. The Morgan fingerprint density at radius 1 is 1.69 bits per heavy atom. The molecule has 1 rings (SSSR count). The van der Waals surface area contributed by atoms with Crippen molar-refractivity contribution >= 4 is 6.03 Å². The van der Waals surface area contributed by atoms with Crippen molar-refractivity contribution in [1.82, 2.24) is 10.2 Å². The second-order valence-corrected chi connectivity index (χ2v) is 4.20. The maximum Gasteiger partial charge on any atom is 0.318 e. The van der Waals surface area contributed by atoms with Gasteiger partial charge in [0.2, 0.25) is 0 Å². The number of hydrogen-bond acceptors (Lipinski definition) is 1. The third-order valence-corrected chi connectivity index (χ3v) is 2.31. The highest BCUT2D eigenvalue weighted by Crippen LogP contribution is 2.28. The third kappa shape index (κ3) is 2.66. The number of nitrogens with zero attached hydrogens (tertiary/aromatic N) is 1. The lowest BCUT2D eigenvalue weighted by molar-refractivity contribution is 0.204. The molecule has 0 aromatic carbocycles. The van der Waals surface area contributed by atoms with Crippen molar-refractivity contribution in [2.75, 3.05) is 19.6 Å². The summed E-state index contributed by atoms with van der Waals surface area (Å²) in [6.45, 7) is 6.31. The number of carbonyl (C=O) groups excluding carboxylic acids is 1. The number of likely N-dealkylation sites (tertiary alicyclic amines) is 1. The van der Waals surface area contributed by atoms with Crippen LogP contribution in [0.3, 0.4) is 0 Å². The smallest absolute Gasteiger partial charge is 0.318 e. The van der Waals surface area contributed by atoms with Gasteiger partial charge < -0.3 is 10.2 Å². The van der Waals surface area contributed by atoms with E-state index in [9.17, 15) is 4.79 Å². The molecule has 1 aliphatic rings. The first-order chi connectivity index (χ1) is 6.05. The first-order valence-corrected chi connectivity index (χ1v) is 4.51. The Balaban J connectivity index is 2.39. The van der Waals surface area contributed by atoms with E-state index < -0.39 is 0 Å². The first-order valence-electron chi connectivity index (χ1n) is 4.51. The highest BCUT2D eigenvalue weighted by atomic mass is 16.2. The topological polar surface area (TPSA) is 32.3 Å². The van der Waals surface area contributed by atoms with Gasteiger partial charge in [0.25, 0.3) is 0 Å². The summed E-state index contributed by atoms with van der Waals surface area (Å²) in [5, 5.41) is 2.66. The molecule has 0 aromatic heterocycles. The van der Waals surface area contributed by atoms with Gasteiger partial charge in [-0.15, -0.1) is 6.42 Å². The van der Waals surface area contributed by atoms with Crippen LogP contribution in [0, 0.1) is 17.8 Å². The van der Waals surface area contributed by atoms with Crippen molar-refractivity contribution in [3.8, 4) is 12.3 Å². The van der Waals surface area contributed by atoms with Crippen LogP contribution in [0.5, 0.6) is 0 Å². The number of urea groups is 1. The lowest BCUT2D eigenvalue weighted by atomic mass is 9.93.